The van der Waals surface area contributed by atoms with Gasteiger partial charge in [-0.2, -0.15) is 0 Å². The van der Waals surface area contributed by atoms with Crippen molar-refractivity contribution in [3.8, 4) is 0 Å². The second kappa shape index (κ2) is 4.93. The van der Waals surface area contributed by atoms with Crippen molar-refractivity contribution in [2.45, 2.75) is 30.8 Å². The molecule has 2 unspecified atom stereocenters. The van der Waals surface area contributed by atoms with E-state index in [0.29, 0.717) is 16.3 Å². The minimum absolute atomic E-state index is 0.0538. The summed E-state index contributed by atoms with van der Waals surface area (Å²) in [6.45, 7) is 6.65. The van der Waals surface area contributed by atoms with Crippen molar-refractivity contribution in [1.82, 2.24) is 0 Å². The van der Waals surface area contributed by atoms with E-state index < -0.39 is 0 Å². The number of hydrogen-bond acceptors (Lipinski definition) is 2. The molecule has 0 rings (SSSR count). The van der Waals surface area contributed by atoms with Crippen molar-refractivity contribution in [3.63, 3.8) is 0 Å². The SMILES string of the molecule is CC(C)C(OC=O)C(C)I. The largest absolute Gasteiger partial charge is 0.463 e. The Kier molecular flexibility index (Phi) is 5.03. The standard InChI is InChI=1S/C7H13IO2/c1-5(2)7(6(3)8)10-4-9/h4-7H,1-3H3. The molecule has 0 bridgehead atoms. The maximum absolute atomic E-state index is 10.00. The van der Waals surface area contributed by atoms with Crippen LogP contribution in [0.15, 0.2) is 0 Å². The van der Waals surface area contributed by atoms with Gasteiger partial charge in [0.25, 0.3) is 6.47 Å². The highest BCUT2D eigenvalue weighted by Gasteiger charge is 2.18. The third-order valence-electron chi connectivity index (χ3n) is 1.32. The highest BCUT2D eigenvalue weighted by Crippen LogP contribution is 2.16. The molecule has 2 nitrogen and oxygen atoms in total. The molecule has 0 aromatic carbocycles. The van der Waals surface area contributed by atoms with E-state index in [4.69, 9.17) is 4.74 Å². The van der Waals surface area contributed by atoms with Gasteiger partial charge in [0.1, 0.15) is 6.10 Å². The average molecular weight is 256 g/mol. The second-order valence-corrected chi connectivity index (χ2v) is 4.58. The predicted octanol–water partition coefficient (Wildman–Crippen LogP) is 2.01. The first-order valence-corrected chi connectivity index (χ1v) is 4.57. The highest BCUT2D eigenvalue weighted by atomic mass is 127. The Morgan fingerprint density at radius 1 is 1.40 bits per heavy atom. The van der Waals surface area contributed by atoms with Crippen LogP contribution in [0.5, 0.6) is 0 Å². The van der Waals surface area contributed by atoms with E-state index in [1.165, 1.54) is 0 Å². The Bertz CT molecular complexity index is 93.8. The Labute approximate surface area is 75.5 Å². The van der Waals surface area contributed by atoms with Gasteiger partial charge in [-0.05, 0) is 12.8 Å². The molecular formula is C7H13IO2. The summed E-state index contributed by atoms with van der Waals surface area (Å²) in [4.78, 5) is 10.00. The minimum Gasteiger partial charge on any atom is -0.463 e. The molecule has 2 atom stereocenters. The number of rotatable bonds is 4. The maximum Gasteiger partial charge on any atom is 0.293 e. The zero-order valence-corrected chi connectivity index (χ0v) is 8.66. The normalized spacial score (nSPS) is 16.5. The molecule has 0 aliphatic heterocycles. The van der Waals surface area contributed by atoms with Crippen LogP contribution < -0.4 is 0 Å². The molecule has 0 aromatic rings. The number of carbonyl (C=O) groups excluding carboxylic acids is 1. The maximum atomic E-state index is 10.00. The van der Waals surface area contributed by atoms with Crippen LogP contribution in [0.3, 0.4) is 0 Å². The molecule has 0 aliphatic carbocycles. The molecule has 60 valence electrons. The molecule has 0 heterocycles. The van der Waals surface area contributed by atoms with Gasteiger partial charge in [-0.25, -0.2) is 0 Å². The van der Waals surface area contributed by atoms with Gasteiger partial charge in [0.2, 0.25) is 0 Å². The number of hydrogen-bond donors (Lipinski definition) is 0. The summed E-state index contributed by atoms with van der Waals surface area (Å²) in [7, 11) is 0. The molecule has 0 aromatic heterocycles. The Morgan fingerprint density at radius 3 is 2.00 bits per heavy atom. The van der Waals surface area contributed by atoms with Crippen LogP contribution in [0.2, 0.25) is 0 Å². The van der Waals surface area contributed by atoms with Crippen LogP contribution in [-0.2, 0) is 9.53 Å². The van der Waals surface area contributed by atoms with Crippen LogP contribution in [0.4, 0.5) is 0 Å². The number of ether oxygens (including phenoxy) is 1. The molecule has 0 radical (unpaired) electrons. The van der Waals surface area contributed by atoms with E-state index in [1.807, 2.05) is 20.8 Å². The van der Waals surface area contributed by atoms with Crippen LogP contribution in [0.1, 0.15) is 20.8 Å². The molecule has 0 N–H and O–H groups in total. The van der Waals surface area contributed by atoms with Gasteiger partial charge in [-0.15, -0.1) is 0 Å². The van der Waals surface area contributed by atoms with E-state index in [-0.39, 0.29) is 6.10 Å². The fraction of sp³-hybridized carbons (Fsp3) is 0.857. The molecule has 0 spiro atoms. The lowest BCUT2D eigenvalue weighted by Crippen LogP contribution is -2.27. The average Bonchev–Trinajstić information content (AvgIpc) is 1.81. The predicted molar refractivity (Wildman–Crippen MR) is 49.3 cm³/mol. The Hall–Kier alpha value is 0.200. The smallest absolute Gasteiger partial charge is 0.293 e. The monoisotopic (exact) mass is 256 g/mol. The Morgan fingerprint density at radius 2 is 1.90 bits per heavy atom. The van der Waals surface area contributed by atoms with Gasteiger partial charge in [0.05, 0.1) is 0 Å². The summed E-state index contributed by atoms with van der Waals surface area (Å²) in [5, 5.41) is 0. The topological polar surface area (TPSA) is 26.3 Å². The third kappa shape index (κ3) is 3.39. The number of carbonyl (C=O) groups is 1. The molecule has 3 heteroatoms. The van der Waals surface area contributed by atoms with Crippen molar-refractivity contribution in [2.75, 3.05) is 0 Å². The molecular weight excluding hydrogens is 243 g/mol. The third-order valence-corrected chi connectivity index (χ3v) is 2.03. The molecule has 0 amide bonds. The van der Waals surface area contributed by atoms with Crippen LogP contribution >= 0.6 is 22.6 Å². The van der Waals surface area contributed by atoms with Gasteiger partial charge in [-0.1, -0.05) is 36.4 Å². The zero-order chi connectivity index (χ0) is 8.15. The van der Waals surface area contributed by atoms with Crippen LogP contribution in [0.25, 0.3) is 0 Å². The van der Waals surface area contributed by atoms with E-state index in [1.54, 1.807) is 0 Å². The molecule has 0 aliphatic rings. The quantitative estimate of drug-likeness (QED) is 0.437. The van der Waals surface area contributed by atoms with Gasteiger partial charge in [-0.3, -0.25) is 4.79 Å². The lowest BCUT2D eigenvalue weighted by atomic mass is 10.1. The summed E-state index contributed by atoms with van der Waals surface area (Å²) < 4.78 is 5.25. The van der Waals surface area contributed by atoms with Gasteiger partial charge < -0.3 is 4.74 Å². The molecule has 0 saturated heterocycles. The van der Waals surface area contributed by atoms with E-state index in [0.717, 1.165) is 0 Å². The molecule has 10 heavy (non-hydrogen) atoms. The number of halogens is 1. The highest BCUT2D eigenvalue weighted by molar-refractivity contribution is 14.1. The van der Waals surface area contributed by atoms with Crippen molar-refractivity contribution >= 4 is 29.1 Å². The summed E-state index contributed by atoms with van der Waals surface area (Å²) in [6, 6.07) is 0. The number of alkyl halides is 1. The van der Waals surface area contributed by atoms with Gasteiger partial charge >= 0.3 is 0 Å². The fourth-order valence-corrected chi connectivity index (χ4v) is 1.86. The molecule has 0 fully saturated rings. The van der Waals surface area contributed by atoms with Gasteiger partial charge in [0, 0.05) is 3.92 Å². The summed E-state index contributed by atoms with van der Waals surface area (Å²) in [5.41, 5.74) is 0. The zero-order valence-electron chi connectivity index (χ0n) is 6.50. The summed E-state index contributed by atoms with van der Waals surface area (Å²) >= 11 is 2.26. The minimum atomic E-state index is 0.0538. The van der Waals surface area contributed by atoms with Crippen molar-refractivity contribution in [1.29, 1.82) is 0 Å². The lowest BCUT2D eigenvalue weighted by Gasteiger charge is -2.20. The Balaban J connectivity index is 3.84. The lowest BCUT2D eigenvalue weighted by molar-refractivity contribution is -0.135. The molecule has 0 saturated carbocycles. The fourth-order valence-electron chi connectivity index (χ4n) is 0.860. The van der Waals surface area contributed by atoms with E-state index in [9.17, 15) is 4.79 Å². The first kappa shape index (κ1) is 10.2. The van der Waals surface area contributed by atoms with Crippen LogP contribution in [-0.4, -0.2) is 16.5 Å². The van der Waals surface area contributed by atoms with Gasteiger partial charge in [0.15, 0.2) is 0 Å². The van der Waals surface area contributed by atoms with E-state index in [2.05, 4.69) is 22.6 Å². The second-order valence-electron chi connectivity index (χ2n) is 2.62. The van der Waals surface area contributed by atoms with Crippen LogP contribution in [0, 0.1) is 5.92 Å². The first-order valence-electron chi connectivity index (χ1n) is 3.32. The van der Waals surface area contributed by atoms with Crippen molar-refractivity contribution in [3.05, 3.63) is 0 Å². The van der Waals surface area contributed by atoms with Crippen molar-refractivity contribution < 1.29 is 9.53 Å². The summed E-state index contributed by atoms with van der Waals surface area (Å²) in [6.07, 6.45) is 0.0538. The van der Waals surface area contributed by atoms with E-state index >= 15 is 0 Å². The first-order chi connectivity index (χ1) is 4.59. The van der Waals surface area contributed by atoms with Crippen molar-refractivity contribution in [2.24, 2.45) is 5.92 Å². The summed E-state index contributed by atoms with van der Waals surface area (Å²) in [5.74, 6) is 0.400.